The second-order valence-corrected chi connectivity index (χ2v) is 6.11. The summed E-state index contributed by atoms with van der Waals surface area (Å²) in [5, 5.41) is 2.56. The number of carbonyl (C=O) groups excluding carboxylic acids is 2. The van der Waals surface area contributed by atoms with Crippen molar-refractivity contribution in [1.29, 1.82) is 0 Å². The Kier molecular flexibility index (Phi) is 5.10. The summed E-state index contributed by atoms with van der Waals surface area (Å²) >= 11 is 0. The van der Waals surface area contributed by atoms with Gasteiger partial charge >= 0.3 is 6.09 Å². The van der Waals surface area contributed by atoms with E-state index in [0.29, 0.717) is 31.0 Å². The van der Waals surface area contributed by atoms with Gasteiger partial charge in [0, 0.05) is 12.1 Å². The first-order valence-electron chi connectivity index (χ1n) is 7.24. The fraction of sp³-hybridized carbons (Fsp3) is 0.500. The van der Waals surface area contributed by atoms with Crippen molar-refractivity contribution in [3.63, 3.8) is 0 Å². The first-order chi connectivity index (χ1) is 10.8. The fourth-order valence-corrected chi connectivity index (χ4v) is 1.92. The van der Waals surface area contributed by atoms with E-state index in [1.54, 1.807) is 26.8 Å². The molecule has 1 aromatic rings. The van der Waals surface area contributed by atoms with E-state index in [2.05, 4.69) is 5.32 Å². The fourth-order valence-electron chi connectivity index (χ4n) is 1.92. The van der Waals surface area contributed by atoms with Gasteiger partial charge in [-0.15, -0.1) is 0 Å². The molecule has 1 aliphatic heterocycles. The third kappa shape index (κ3) is 4.59. The van der Waals surface area contributed by atoms with Crippen molar-refractivity contribution in [2.75, 3.05) is 25.6 Å². The molecule has 0 bridgehead atoms. The lowest BCUT2D eigenvalue weighted by atomic mass is 10.1. The number of nitrogens with one attached hydrogen (secondary N) is 1. The number of methoxy groups -OCH3 is 1. The predicted molar refractivity (Wildman–Crippen MR) is 83.5 cm³/mol. The van der Waals surface area contributed by atoms with Crippen molar-refractivity contribution in [1.82, 2.24) is 0 Å². The maximum absolute atomic E-state index is 11.9. The van der Waals surface area contributed by atoms with Crippen LogP contribution in [0.1, 0.15) is 31.1 Å². The van der Waals surface area contributed by atoms with Gasteiger partial charge in [-0.1, -0.05) is 0 Å². The molecule has 126 valence electrons. The SMILES string of the molecule is COc1cc(NC(=O)OC(C)(C)C)c(C=O)c(OC2COC2)c1. The number of aldehydes is 1. The zero-order valence-corrected chi connectivity index (χ0v) is 13.7. The summed E-state index contributed by atoms with van der Waals surface area (Å²) in [6.45, 7) is 6.19. The monoisotopic (exact) mass is 323 g/mol. The highest BCUT2D eigenvalue weighted by Gasteiger charge is 2.24. The van der Waals surface area contributed by atoms with Crippen LogP contribution < -0.4 is 14.8 Å². The Morgan fingerprint density at radius 3 is 2.52 bits per heavy atom. The number of ether oxygens (including phenoxy) is 4. The first-order valence-corrected chi connectivity index (χ1v) is 7.24. The molecule has 0 unspecified atom stereocenters. The molecule has 0 atom stereocenters. The topological polar surface area (TPSA) is 83.1 Å². The van der Waals surface area contributed by atoms with Gasteiger partial charge in [0.25, 0.3) is 0 Å². The van der Waals surface area contributed by atoms with Crippen LogP contribution in [0.15, 0.2) is 12.1 Å². The van der Waals surface area contributed by atoms with Gasteiger partial charge < -0.3 is 18.9 Å². The number of amides is 1. The van der Waals surface area contributed by atoms with Gasteiger partial charge in [-0.3, -0.25) is 10.1 Å². The van der Waals surface area contributed by atoms with E-state index in [-0.39, 0.29) is 17.4 Å². The molecular formula is C16H21NO6. The molecule has 0 aliphatic carbocycles. The summed E-state index contributed by atoms with van der Waals surface area (Å²) in [6.07, 6.45) is -0.150. The standard InChI is InChI=1S/C16H21NO6/c1-16(2,3)23-15(19)17-13-5-10(20-4)6-14(12(13)7-18)22-11-8-21-9-11/h5-7,11H,8-9H2,1-4H3,(H,17,19). The normalized spacial score (nSPS) is 14.6. The number of rotatable bonds is 5. The highest BCUT2D eigenvalue weighted by Crippen LogP contribution is 2.33. The molecule has 0 saturated carbocycles. The zero-order chi connectivity index (χ0) is 17.0. The summed E-state index contributed by atoms with van der Waals surface area (Å²) in [7, 11) is 1.49. The molecule has 1 fully saturated rings. The molecule has 1 heterocycles. The van der Waals surface area contributed by atoms with E-state index >= 15 is 0 Å². The van der Waals surface area contributed by atoms with Gasteiger partial charge in [0.1, 0.15) is 23.2 Å². The van der Waals surface area contributed by atoms with Crippen LogP contribution in [0, 0.1) is 0 Å². The number of carbonyl (C=O) groups is 2. The van der Waals surface area contributed by atoms with E-state index in [9.17, 15) is 9.59 Å². The zero-order valence-electron chi connectivity index (χ0n) is 13.7. The molecule has 1 amide bonds. The van der Waals surface area contributed by atoms with Crippen LogP contribution in [-0.2, 0) is 9.47 Å². The van der Waals surface area contributed by atoms with E-state index in [4.69, 9.17) is 18.9 Å². The van der Waals surface area contributed by atoms with Crippen molar-refractivity contribution < 1.29 is 28.5 Å². The van der Waals surface area contributed by atoms with Crippen molar-refractivity contribution in [3.05, 3.63) is 17.7 Å². The lowest BCUT2D eigenvalue weighted by Crippen LogP contribution is -2.38. The van der Waals surface area contributed by atoms with E-state index < -0.39 is 11.7 Å². The van der Waals surface area contributed by atoms with Gasteiger partial charge in [-0.2, -0.15) is 0 Å². The van der Waals surface area contributed by atoms with E-state index in [1.807, 2.05) is 0 Å². The molecule has 2 rings (SSSR count). The first kappa shape index (κ1) is 17.1. The van der Waals surface area contributed by atoms with Gasteiger partial charge in [-0.25, -0.2) is 4.79 Å². The Morgan fingerprint density at radius 2 is 2.04 bits per heavy atom. The Labute approximate surface area is 134 Å². The lowest BCUT2D eigenvalue weighted by Gasteiger charge is -2.28. The van der Waals surface area contributed by atoms with Gasteiger partial charge in [0.15, 0.2) is 6.29 Å². The lowest BCUT2D eigenvalue weighted by molar-refractivity contribution is -0.0798. The molecule has 1 N–H and O–H groups in total. The molecule has 1 saturated heterocycles. The molecule has 0 radical (unpaired) electrons. The molecule has 7 nitrogen and oxygen atoms in total. The summed E-state index contributed by atoms with van der Waals surface area (Å²) in [5.41, 5.74) is -0.153. The molecule has 1 aliphatic rings. The average Bonchev–Trinajstić information content (AvgIpc) is 2.40. The van der Waals surface area contributed by atoms with Crippen LogP contribution in [0.2, 0.25) is 0 Å². The number of hydrogen-bond donors (Lipinski definition) is 1. The predicted octanol–water partition coefficient (Wildman–Crippen LogP) is 2.63. The van der Waals surface area contributed by atoms with Crippen LogP contribution in [-0.4, -0.2) is 44.4 Å². The summed E-state index contributed by atoms with van der Waals surface area (Å²) in [4.78, 5) is 23.4. The smallest absolute Gasteiger partial charge is 0.412 e. The Hall–Kier alpha value is -2.28. The van der Waals surface area contributed by atoms with Crippen molar-refractivity contribution >= 4 is 18.1 Å². The summed E-state index contributed by atoms with van der Waals surface area (Å²) in [5.74, 6) is 0.788. The maximum atomic E-state index is 11.9. The van der Waals surface area contributed by atoms with Crippen LogP contribution in [0.25, 0.3) is 0 Å². The second-order valence-electron chi connectivity index (χ2n) is 6.11. The third-order valence-electron chi connectivity index (χ3n) is 3.01. The minimum atomic E-state index is -0.660. The minimum Gasteiger partial charge on any atom is -0.497 e. The van der Waals surface area contributed by atoms with E-state index in [0.717, 1.165) is 0 Å². The molecule has 0 spiro atoms. The third-order valence-corrected chi connectivity index (χ3v) is 3.01. The Bertz CT molecular complexity index is 589. The number of benzene rings is 1. The highest BCUT2D eigenvalue weighted by atomic mass is 16.6. The Morgan fingerprint density at radius 1 is 1.35 bits per heavy atom. The maximum Gasteiger partial charge on any atom is 0.412 e. The number of anilines is 1. The van der Waals surface area contributed by atoms with Crippen LogP contribution in [0.3, 0.4) is 0 Å². The number of hydrogen-bond acceptors (Lipinski definition) is 6. The van der Waals surface area contributed by atoms with Crippen LogP contribution in [0.5, 0.6) is 11.5 Å². The van der Waals surface area contributed by atoms with Crippen LogP contribution in [0.4, 0.5) is 10.5 Å². The quantitative estimate of drug-likeness (QED) is 0.839. The van der Waals surface area contributed by atoms with E-state index in [1.165, 1.54) is 13.2 Å². The highest BCUT2D eigenvalue weighted by molar-refractivity contribution is 5.96. The summed E-state index contributed by atoms with van der Waals surface area (Å²) < 4.78 is 21.2. The molecule has 0 aromatic heterocycles. The summed E-state index contributed by atoms with van der Waals surface area (Å²) in [6, 6.07) is 3.14. The van der Waals surface area contributed by atoms with Gasteiger partial charge in [0.05, 0.1) is 31.6 Å². The largest absolute Gasteiger partial charge is 0.497 e. The minimum absolute atomic E-state index is 0.116. The second kappa shape index (κ2) is 6.87. The van der Waals surface area contributed by atoms with Crippen molar-refractivity contribution in [2.45, 2.75) is 32.5 Å². The molecule has 1 aromatic carbocycles. The van der Waals surface area contributed by atoms with Gasteiger partial charge in [0.2, 0.25) is 0 Å². The Balaban J connectivity index is 2.26. The average molecular weight is 323 g/mol. The molecule has 7 heteroatoms. The van der Waals surface area contributed by atoms with Crippen molar-refractivity contribution in [2.24, 2.45) is 0 Å². The van der Waals surface area contributed by atoms with Gasteiger partial charge in [-0.05, 0) is 20.8 Å². The molecule has 23 heavy (non-hydrogen) atoms. The molecular weight excluding hydrogens is 302 g/mol. The van der Waals surface area contributed by atoms with Crippen molar-refractivity contribution in [3.8, 4) is 11.5 Å². The van der Waals surface area contributed by atoms with Crippen LogP contribution >= 0.6 is 0 Å².